The van der Waals surface area contributed by atoms with Crippen LogP contribution in [0.2, 0.25) is 0 Å². The minimum Gasteiger partial charge on any atom is -0.375 e. The molecule has 0 saturated heterocycles. The zero-order chi connectivity index (χ0) is 18.5. The van der Waals surface area contributed by atoms with Gasteiger partial charge in [0.25, 0.3) is 5.91 Å². The maximum absolute atomic E-state index is 13.2. The van der Waals surface area contributed by atoms with Crippen LogP contribution in [0.1, 0.15) is 27.9 Å². The number of aryl methyl sites for hydroxylation is 1. The number of rotatable bonds is 3. The summed E-state index contributed by atoms with van der Waals surface area (Å²) in [6.45, 7) is 3.99. The minimum atomic E-state index is -1.85. The van der Waals surface area contributed by atoms with E-state index < -0.39 is 17.4 Å². The van der Waals surface area contributed by atoms with Gasteiger partial charge in [0.15, 0.2) is 11.4 Å². The quantitative estimate of drug-likeness (QED) is 0.784. The predicted octanol–water partition coefficient (Wildman–Crippen LogP) is 3.61. The van der Waals surface area contributed by atoms with Crippen LogP contribution in [0.3, 0.4) is 0 Å². The van der Waals surface area contributed by atoms with Crippen molar-refractivity contribution in [3.8, 4) is 0 Å². The van der Waals surface area contributed by atoms with E-state index in [0.29, 0.717) is 29.7 Å². The van der Waals surface area contributed by atoms with Crippen LogP contribution in [-0.4, -0.2) is 23.3 Å². The second-order valence-corrected chi connectivity index (χ2v) is 7.66. The first-order valence-corrected chi connectivity index (χ1v) is 9.35. The highest BCUT2D eigenvalue weighted by Crippen LogP contribution is 2.49. The number of Topliss-reactive ketones (excluding diaryl/α,β-unsaturated/α-hetero) is 1. The topological polar surface area (TPSA) is 57.6 Å². The number of carbonyl (C=O) groups excluding carboxylic acids is 2. The van der Waals surface area contributed by atoms with Crippen molar-refractivity contribution in [2.75, 3.05) is 11.4 Å². The highest BCUT2D eigenvalue weighted by atomic mass is 79.9. The van der Waals surface area contributed by atoms with Crippen molar-refractivity contribution in [1.82, 2.24) is 0 Å². The number of fused-ring (bicyclic) bond motifs is 2. The minimum absolute atomic E-state index is 0.172. The zero-order valence-electron chi connectivity index (χ0n) is 14.1. The summed E-state index contributed by atoms with van der Waals surface area (Å²) >= 11 is 3.41. The summed E-state index contributed by atoms with van der Waals surface area (Å²) in [4.78, 5) is 27.9. The molecule has 4 nitrogen and oxygen atoms in total. The van der Waals surface area contributed by atoms with Crippen LogP contribution < -0.4 is 4.90 Å². The maximum atomic E-state index is 13.2. The van der Waals surface area contributed by atoms with Crippen molar-refractivity contribution < 1.29 is 14.7 Å². The summed E-state index contributed by atoms with van der Waals surface area (Å²) < 4.78 is 0.756. The lowest BCUT2D eigenvalue weighted by molar-refractivity contribution is -0.140. The third-order valence-electron chi connectivity index (χ3n) is 5.35. The number of hydrogen-bond donors (Lipinski definition) is 1. The molecular formula is C21H18BrNO3. The van der Waals surface area contributed by atoms with Crippen molar-refractivity contribution in [3.05, 3.63) is 76.3 Å². The molecule has 0 bridgehead atoms. The Labute approximate surface area is 160 Å². The van der Waals surface area contributed by atoms with Crippen molar-refractivity contribution in [2.45, 2.75) is 18.4 Å². The van der Waals surface area contributed by atoms with Crippen molar-refractivity contribution >= 4 is 33.3 Å². The first-order valence-electron chi connectivity index (χ1n) is 8.56. The lowest BCUT2D eigenvalue weighted by Crippen LogP contribution is -2.49. The number of anilines is 1. The molecule has 1 amide bonds. The molecule has 1 aliphatic heterocycles. The summed E-state index contributed by atoms with van der Waals surface area (Å²) in [6.07, 6.45) is 2.71. The second-order valence-electron chi connectivity index (χ2n) is 6.74. The Kier molecular flexibility index (Phi) is 4.09. The fourth-order valence-electron chi connectivity index (χ4n) is 4.12. The molecular weight excluding hydrogens is 394 g/mol. The number of amides is 1. The number of aliphatic hydroxyl groups is 1. The number of hydrogen-bond acceptors (Lipinski definition) is 3. The Morgan fingerprint density at radius 3 is 2.81 bits per heavy atom. The van der Waals surface area contributed by atoms with Crippen LogP contribution in [0, 0.1) is 5.92 Å². The number of benzene rings is 2. The van der Waals surface area contributed by atoms with E-state index in [9.17, 15) is 14.7 Å². The van der Waals surface area contributed by atoms with Gasteiger partial charge in [0.1, 0.15) is 0 Å². The second kappa shape index (κ2) is 6.18. The van der Waals surface area contributed by atoms with E-state index in [2.05, 4.69) is 22.5 Å². The largest absolute Gasteiger partial charge is 0.375 e. The van der Waals surface area contributed by atoms with E-state index in [4.69, 9.17) is 0 Å². The molecule has 0 saturated carbocycles. The van der Waals surface area contributed by atoms with Crippen molar-refractivity contribution in [2.24, 2.45) is 5.92 Å². The molecule has 1 heterocycles. The van der Waals surface area contributed by atoms with Gasteiger partial charge in [-0.3, -0.25) is 9.59 Å². The van der Waals surface area contributed by atoms with Gasteiger partial charge in [0.2, 0.25) is 0 Å². The van der Waals surface area contributed by atoms with E-state index in [1.54, 1.807) is 24.3 Å². The molecule has 2 aromatic carbocycles. The smallest absolute Gasteiger partial charge is 0.264 e. The molecule has 132 valence electrons. The molecule has 5 heteroatoms. The molecule has 26 heavy (non-hydrogen) atoms. The highest BCUT2D eigenvalue weighted by molar-refractivity contribution is 9.10. The average molecular weight is 412 g/mol. The Bertz CT molecular complexity index is 939. The fourth-order valence-corrected chi connectivity index (χ4v) is 4.48. The van der Waals surface area contributed by atoms with Crippen LogP contribution >= 0.6 is 15.9 Å². The van der Waals surface area contributed by atoms with Gasteiger partial charge in [0, 0.05) is 22.1 Å². The van der Waals surface area contributed by atoms with Crippen LogP contribution in [-0.2, 0) is 16.8 Å². The van der Waals surface area contributed by atoms with Gasteiger partial charge in [0.05, 0.1) is 11.6 Å². The third-order valence-corrected chi connectivity index (χ3v) is 5.84. The lowest BCUT2D eigenvalue weighted by atomic mass is 9.71. The molecule has 4 rings (SSSR count). The van der Waals surface area contributed by atoms with Gasteiger partial charge >= 0.3 is 0 Å². The zero-order valence-corrected chi connectivity index (χ0v) is 15.7. The van der Waals surface area contributed by atoms with Crippen LogP contribution in [0.25, 0.3) is 0 Å². The van der Waals surface area contributed by atoms with Crippen LogP contribution in [0.5, 0.6) is 0 Å². The van der Waals surface area contributed by atoms with Gasteiger partial charge < -0.3 is 10.0 Å². The Balaban J connectivity index is 1.86. The van der Waals surface area contributed by atoms with E-state index >= 15 is 0 Å². The Morgan fingerprint density at radius 1 is 1.27 bits per heavy atom. The average Bonchev–Trinajstić information content (AvgIpc) is 2.85. The van der Waals surface area contributed by atoms with Gasteiger partial charge in [-0.1, -0.05) is 46.3 Å². The van der Waals surface area contributed by atoms with Gasteiger partial charge in [-0.2, -0.15) is 0 Å². The first kappa shape index (κ1) is 17.2. The monoisotopic (exact) mass is 411 g/mol. The molecule has 0 fully saturated rings. The Morgan fingerprint density at radius 2 is 2.04 bits per heavy atom. The van der Waals surface area contributed by atoms with E-state index in [1.165, 1.54) is 4.90 Å². The highest BCUT2D eigenvalue weighted by Gasteiger charge is 2.57. The van der Waals surface area contributed by atoms with Gasteiger partial charge in [-0.05, 0) is 36.6 Å². The van der Waals surface area contributed by atoms with Crippen molar-refractivity contribution in [1.29, 1.82) is 0 Å². The summed E-state index contributed by atoms with van der Waals surface area (Å²) in [6, 6.07) is 12.8. The summed E-state index contributed by atoms with van der Waals surface area (Å²) in [5.41, 5.74) is 0.833. The number of halogens is 1. The maximum Gasteiger partial charge on any atom is 0.264 e. The molecule has 0 radical (unpaired) electrons. The van der Waals surface area contributed by atoms with E-state index in [-0.39, 0.29) is 12.3 Å². The molecule has 2 aliphatic rings. The molecule has 2 aromatic rings. The molecule has 1 aliphatic carbocycles. The number of nitrogens with zero attached hydrogens (tertiary/aromatic N) is 1. The van der Waals surface area contributed by atoms with Crippen LogP contribution in [0.4, 0.5) is 5.69 Å². The molecule has 0 unspecified atom stereocenters. The number of carbonyl (C=O) groups is 2. The lowest BCUT2D eigenvalue weighted by Gasteiger charge is -2.34. The van der Waals surface area contributed by atoms with Crippen LogP contribution in [0.15, 0.2) is 59.6 Å². The first-order chi connectivity index (χ1) is 12.5. The van der Waals surface area contributed by atoms with Gasteiger partial charge in [-0.25, -0.2) is 0 Å². The molecule has 2 atom stereocenters. The Hall–Kier alpha value is -2.24. The predicted molar refractivity (Wildman–Crippen MR) is 103 cm³/mol. The summed E-state index contributed by atoms with van der Waals surface area (Å²) in [7, 11) is 0. The molecule has 1 N–H and O–H groups in total. The van der Waals surface area contributed by atoms with Gasteiger partial charge in [-0.15, -0.1) is 6.58 Å². The molecule has 0 aromatic heterocycles. The standard InChI is InChI=1S/C21H18BrNO3/c1-2-11-23-18-10-8-14(22)12-17(18)21(26,20(23)25)16-9-7-13-5-3-4-6-15(13)19(16)24/h2-6,8,10,12,16,26H,1,7,9,11H2/t16-,21-/m0/s1. The molecule has 0 spiro atoms. The third kappa shape index (κ3) is 2.31. The fraction of sp³-hybridized carbons (Fsp3) is 0.238. The SMILES string of the molecule is C=CCN1C(=O)[C@](O)([C@H]2CCc3ccccc3C2=O)c2cc(Br)ccc21. The summed E-state index contributed by atoms with van der Waals surface area (Å²) in [5, 5.41) is 11.6. The normalized spacial score (nSPS) is 24.4. The number of ketones is 1. The van der Waals surface area contributed by atoms with Crippen molar-refractivity contribution in [3.63, 3.8) is 0 Å². The van der Waals surface area contributed by atoms with E-state index in [0.717, 1.165) is 10.0 Å². The summed E-state index contributed by atoms with van der Waals surface area (Å²) in [5.74, 6) is -1.43. The van der Waals surface area contributed by atoms with E-state index in [1.807, 2.05) is 24.3 Å².